The lowest BCUT2D eigenvalue weighted by atomic mass is 10.2. The van der Waals surface area contributed by atoms with Crippen molar-refractivity contribution in [2.45, 2.75) is 23.8 Å². The Kier molecular flexibility index (Phi) is 4.40. The minimum atomic E-state index is -3.54. The normalized spacial score (nSPS) is 18.4. The fourth-order valence-corrected chi connectivity index (χ4v) is 4.14. The molecule has 2 heterocycles. The zero-order valence-corrected chi connectivity index (χ0v) is 14.8. The van der Waals surface area contributed by atoms with E-state index in [0.29, 0.717) is 49.7 Å². The van der Waals surface area contributed by atoms with Crippen LogP contribution >= 0.6 is 0 Å². The minimum absolute atomic E-state index is 0.205. The second kappa shape index (κ2) is 6.72. The number of nitrogens with zero attached hydrogens (tertiary/aromatic N) is 3. The zero-order chi connectivity index (χ0) is 18.1. The molecule has 1 aliphatic heterocycles. The molecule has 1 saturated carbocycles. The van der Waals surface area contributed by atoms with Gasteiger partial charge in [-0.25, -0.2) is 8.42 Å². The third kappa shape index (κ3) is 3.31. The lowest BCUT2D eigenvalue weighted by Gasteiger charge is -2.26. The van der Waals surface area contributed by atoms with Crippen molar-refractivity contribution in [3.05, 3.63) is 30.0 Å². The zero-order valence-electron chi connectivity index (χ0n) is 14.0. The molecule has 0 radical (unpaired) electrons. The Hall–Kier alpha value is -2.41. The van der Waals surface area contributed by atoms with Crippen LogP contribution in [0.15, 0.2) is 33.6 Å². The summed E-state index contributed by atoms with van der Waals surface area (Å²) in [5.74, 6) is 0.662. The van der Waals surface area contributed by atoms with Gasteiger partial charge in [0.25, 0.3) is 0 Å². The van der Waals surface area contributed by atoms with E-state index in [0.717, 1.165) is 12.8 Å². The molecule has 8 nitrogen and oxygen atoms in total. The number of benzene rings is 1. The number of aromatic nitrogens is 1. The molecule has 0 atom stereocenters. The third-order valence-electron chi connectivity index (χ3n) is 4.35. The van der Waals surface area contributed by atoms with Crippen molar-refractivity contribution in [1.82, 2.24) is 9.29 Å². The van der Waals surface area contributed by atoms with Gasteiger partial charge in [-0.1, -0.05) is 0 Å². The summed E-state index contributed by atoms with van der Waals surface area (Å²) in [6.45, 7) is 1.51. The molecule has 1 aromatic carbocycles. The van der Waals surface area contributed by atoms with Crippen LogP contribution in [0.5, 0.6) is 0 Å². The largest absolute Gasteiger partial charge is 0.419 e. The van der Waals surface area contributed by atoms with Gasteiger partial charge >= 0.3 is 0 Å². The molecule has 136 valence electrons. The Morgan fingerprint density at radius 1 is 1.19 bits per heavy atom. The fourth-order valence-electron chi connectivity index (χ4n) is 2.74. The van der Waals surface area contributed by atoms with E-state index in [-0.39, 0.29) is 10.6 Å². The molecule has 1 N–H and O–H groups in total. The summed E-state index contributed by atoms with van der Waals surface area (Å²) in [6, 6.07) is 8.70. The van der Waals surface area contributed by atoms with Crippen molar-refractivity contribution < 1.29 is 17.6 Å². The summed E-state index contributed by atoms with van der Waals surface area (Å²) in [5, 5.41) is 12.3. The molecule has 2 fully saturated rings. The predicted octanol–water partition coefficient (Wildman–Crippen LogP) is 1.81. The van der Waals surface area contributed by atoms with Crippen LogP contribution in [-0.2, 0) is 14.8 Å². The van der Waals surface area contributed by atoms with Gasteiger partial charge < -0.3 is 14.5 Å². The Labute approximate surface area is 151 Å². The average Bonchev–Trinajstić information content (AvgIpc) is 3.40. The van der Waals surface area contributed by atoms with Gasteiger partial charge in [0, 0.05) is 24.7 Å². The lowest BCUT2D eigenvalue weighted by Crippen LogP contribution is -2.40. The Morgan fingerprint density at radius 3 is 2.50 bits per heavy atom. The summed E-state index contributed by atoms with van der Waals surface area (Å²) >= 11 is 0. The molecule has 9 heteroatoms. The molecule has 1 aliphatic carbocycles. The van der Waals surface area contributed by atoms with Crippen molar-refractivity contribution in [2.24, 2.45) is 0 Å². The number of oxazole rings is 1. The number of ether oxygens (including phenoxy) is 1. The van der Waals surface area contributed by atoms with Gasteiger partial charge in [0.05, 0.1) is 18.1 Å². The van der Waals surface area contributed by atoms with E-state index in [1.165, 1.54) is 16.4 Å². The number of sulfonamides is 1. The van der Waals surface area contributed by atoms with E-state index in [9.17, 15) is 13.7 Å². The molecule has 26 heavy (non-hydrogen) atoms. The highest BCUT2D eigenvalue weighted by atomic mass is 32.2. The van der Waals surface area contributed by atoms with Gasteiger partial charge in [-0.3, -0.25) is 0 Å². The quantitative estimate of drug-likeness (QED) is 0.850. The fraction of sp³-hybridized carbons (Fsp3) is 0.412. The van der Waals surface area contributed by atoms with Gasteiger partial charge in [-0.15, -0.1) is 0 Å². The maximum Gasteiger partial charge on any atom is 0.243 e. The highest BCUT2D eigenvalue weighted by molar-refractivity contribution is 7.89. The van der Waals surface area contributed by atoms with Gasteiger partial charge in [-0.05, 0) is 37.1 Å². The van der Waals surface area contributed by atoms with E-state index in [1.54, 1.807) is 12.1 Å². The lowest BCUT2D eigenvalue weighted by molar-refractivity contribution is 0.0730. The standard InChI is InChI=1S/C17H18N4O4S/c18-11-15-17(19-13-3-4-13)25-16(20-15)12-1-5-14(6-2-12)26(22,23)21-7-9-24-10-8-21/h1-2,5-6,13,19H,3-4,7-10H2. The van der Waals surface area contributed by atoms with Crippen LogP contribution < -0.4 is 5.32 Å². The van der Waals surface area contributed by atoms with Gasteiger partial charge in [0.15, 0.2) is 0 Å². The first-order valence-electron chi connectivity index (χ1n) is 8.44. The molecule has 1 saturated heterocycles. The summed E-state index contributed by atoms with van der Waals surface area (Å²) in [6.07, 6.45) is 2.10. The van der Waals surface area contributed by atoms with Crippen molar-refractivity contribution in [3.8, 4) is 17.5 Å². The van der Waals surface area contributed by atoms with E-state index in [4.69, 9.17) is 9.15 Å². The van der Waals surface area contributed by atoms with Crippen LogP contribution in [0.4, 0.5) is 5.88 Å². The monoisotopic (exact) mass is 374 g/mol. The maximum absolute atomic E-state index is 12.6. The van der Waals surface area contributed by atoms with Crippen LogP contribution in [0.25, 0.3) is 11.5 Å². The minimum Gasteiger partial charge on any atom is -0.419 e. The first-order valence-corrected chi connectivity index (χ1v) is 9.88. The van der Waals surface area contributed by atoms with Gasteiger partial charge in [0.2, 0.25) is 27.5 Å². The number of hydrogen-bond acceptors (Lipinski definition) is 7. The summed E-state index contributed by atoms with van der Waals surface area (Å²) in [7, 11) is -3.54. The summed E-state index contributed by atoms with van der Waals surface area (Å²) in [4.78, 5) is 4.41. The SMILES string of the molecule is N#Cc1nc(-c2ccc(S(=O)(=O)N3CCOCC3)cc2)oc1NC1CC1. The Bertz CT molecular complexity index is 936. The van der Waals surface area contributed by atoms with E-state index >= 15 is 0 Å². The Morgan fingerprint density at radius 2 is 1.88 bits per heavy atom. The van der Waals surface area contributed by atoms with Crippen molar-refractivity contribution in [1.29, 1.82) is 5.26 Å². The number of hydrogen-bond donors (Lipinski definition) is 1. The highest BCUT2D eigenvalue weighted by Crippen LogP contribution is 2.31. The molecule has 2 aliphatic rings. The second-order valence-corrected chi connectivity index (χ2v) is 8.21. The molecule has 0 bridgehead atoms. The molecule has 0 unspecified atom stereocenters. The van der Waals surface area contributed by atoms with E-state index in [2.05, 4.69) is 10.3 Å². The second-order valence-electron chi connectivity index (χ2n) is 6.27. The molecule has 2 aromatic rings. The van der Waals surface area contributed by atoms with Crippen molar-refractivity contribution in [3.63, 3.8) is 0 Å². The highest BCUT2D eigenvalue weighted by Gasteiger charge is 2.27. The van der Waals surface area contributed by atoms with Crippen molar-refractivity contribution in [2.75, 3.05) is 31.6 Å². The molecular formula is C17H18N4O4S. The molecule has 4 rings (SSSR count). The predicted molar refractivity (Wildman–Crippen MR) is 92.9 cm³/mol. The molecular weight excluding hydrogens is 356 g/mol. The van der Waals surface area contributed by atoms with Crippen molar-refractivity contribution >= 4 is 15.9 Å². The number of rotatable bonds is 5. The Balaban J connectivity index is 1.58. The third-order valence-corrected chi connectivity index (χ3v) is 6.27. The van der Waals surface area contributed by atoms with Crippen LogP contribution in [0.1, 0.15) is 18.5 Å². The average molecular weight is 374 g/mol. The number of nitriles is 1. The summed E-state index contributed by atoms with van der Waals surface area (Å²) < 4.78 is 37.6. The first kappa shape index (κ1) is 17.0. The topological polar surface area (TPSA) is 108 Å². The maximum atomic E-state index is 12.6. The van der Waals surface area contributed by atoms with Crippen LogP contribution in [0.3, 0.4) is 0 Å². The summed E-state index contributed by atoms with van der Waals surface area (Å²) in [5.41, 5.74) is 0.822. The van der Waals surface area contributed by atoms with Gasteiger partial charge in [-0.2, -0.15) is 14.6 Å². The smallest absolute Gasteiger partial charge is 0.243 e. The molecule has 0 amide bonds. The molecule has 0 spiro atoms. The molecule has 1 aromatic heterocycles. The number of anilines is 1. The van der Waals surface area contributed by atoms with E-state index < -0.39 is 10.0 Å². The van der Waals surface area contributed by atoms with Crippen LogP contribution in [0, 0.1) is 11.3 Å². The van der Waals surface area contributed by atoms with Crippen LogP contribution in [-0.4, -0.2) is 50.1 Å². The number of morpholine rings is 1. The van der Waals surface area contributed by atoms with Crippen LogP contribution in [0.2, 0.25) is 0 Å². The van der Waals surface area contributed by atoms with E-state index in [1.807, 2.05) is 6.07 Å². The number of nitrogens with one attached hydrogen (secondary N) is 1. The first-order chi connectivity index (χ1) is 12.6. The van der Waals surface area contributed by atoms with Gasteiger partial charge in [0.1, 0.15) is 6.07 Å².